The van der Waals surface area contributed by atoms with Crippen molar-refractivity contribution < 1.29 is 4.79 Å². The van der Waals surface area contributed by atoms with Crippen molar-refractivity contribution in [1.82, 2.24) is 20.4 Å². The molecule has 1 fully saturated rings. The Labute approximate surface area is 169 Å². The van der Waals surface area contributed by atoms with Crippen molar-refractivity contribution >= 4 is 17.5 Å². The molecule has 0 spiro atoms. The number of halogens is 1. The Bertz CT molecular complexity index is 931. The number of carbonyl (C=O) groups is 1. The average Bonchev–Trinajstić information content (AvgIpc) is 3.29. The van der Waals surface area contributed by atoms with Crippen LogP contribution in [0, 0.1) is 0 Å². The van der Waals surface area contributed by atoms with E-state index in [0.717, 1.165) is 42.6 Å². The number of benzene rings is 2. The van der Waals surface area contributed by atoms with Gasteiger partial charge in [0.1, 0.15) is 5.54 Å². The SMILES string of the molecule is O=C(NCc1ccccc1-c1ccc(Cl)cc1)C1(n2cccn2)CCNCC1. The molecule has 28 heavy (non-hydrogen) atoms. The van der Waals surface area contributed by atoms with Gasteiger partial charge in [0, 0.05) is 24.0 Å². The maximum Gasteiger partial charge on any atom is 0.248 e. The summed E-state index contributed by atoms with van der Waals surface area (Å²) in [6.45, 7) is 2.07. The normalized spacial score (nSPS) is 15.9. The molecule has 1 amide bonds. The number of carbonyl (C=O) groups excluding carboxylic acids is 1. The Kier molecular flexibility index (Phi) is 5.46. The minimum atomic E-state index is -0.635. The van der Waals surface area contributed by atoms with Crippen LogP contribution in [0.2, 0.25) is 5.02 Å². The van der Waals surface area contributed by atoms with Crippen LogP contribution in [0.4, 0.5) is 0 Å². The van der Waals surface area contributed by atoms with Crippen molar-refractivity contribution in [3.63, 3.8) is 0 Å². The van der Waals surface area contributed by atoms with E-state index in [1.165, 1.54) is 0 Å². The third-order valence-corrected chi connectivity index (χ3v) is 5.66. The van der Waals surface area contributed by atoms with Gasteiger partial charge in [0.25, 0.3) is 0 Å². The lowest BCUT2D eigenvalue weighted by atomic mass is 9.87. The van der Waals surface area contributed by atoms with E-state index in [9.17, 15) is 4.79 Å². The van der Waals surface area contributed by atoms with Crippen LogP contribution < -0.4 is 10.6 Å². The highest BCUT2D eigenvalue weighted by molar-refractivity contribution is 6.30. The Morgan fingerprint density at radius 2 is 1.86 bits per heavy atom. The van der Waals surface area contributed by atoms with Crippen molar-refractivity contribution in [3.05, 3.63) is 77.6 Å². The van der Waals surface area contributed by atoms with Gasteiger partial charge in [-0.1, -0.05) is 48.0 Å². The fraction of sp³-hybridized carbons (Fsp3) is 0.273. The van der Waals surface area contributed by atoms with Gasteiger partial charge in [0.2, 0.25) is 5.91 Å². The van der Waals surface area contributed by atoms with Crippen LogP contribution in [-0.4, -0.2) is 28.8 Å². The molecule has 0 atom stereocenters. The Hall–Kier alpha value is -2.63. The van der Waals surface area contributed by atoms with Crippen LogP contribution in [0.5, 0.6) is 0 Å². The van der Waals surface area contributed by atoms with Crippen LogP contribution in [-0.2, 0) is 16.9 Å². The third kappa shape index (κ3) is 3.68. The summed E-state index contributed by atoms with van der Waals surface area (Å²) in [4.78, 5) is 13.3. The zero-order chi connectivity index (χ0) is 19.4. The molecule has 0 aliphatic carbocycles. The van der Waals surface area contributed by atoms with E-state index >= 15 is 0 Å². The maximum absolute atomic E-state index is 13.3. The van der Waals surface area contributed by atoms with Crippen molar-refractivity contribution in [3.8, 4) is 11.1 Å². The second-order valence-electron chi connectivity index (χ2n) is 7.08. The first kappa shape index (κ1) is 18.7. The first-order valence-electron chi connectivity index (χ1n) is 9.52. The maximum atomic E-state index is 13.3. The second kappa shape index (κ2) is 8.17. The van der Waals surface area contributed by atoms with Crippen LogP contribution >= 0.6 is 11.6 Å². The van der Waals surface area contributed by atoms with Crippen LogP contribution in [0.25, 0.3) is 11.1 Å². The minimum absolute atomic E-state index is 0.0172. The quantitative estimate of drug-likeness (QED) is 0.695. The van der Waals surface area contributed by atoms with E-state index in [1.807, 2.05) is 59.4 Å². The molecule has 0 unspecified atom stereocenters. The Morgan fingerprint density at radius 1 is 1.11 bits per heavy atom. The number of nitrogens with one attached hydrogen (secondary N) is 2. The largest absolute Gasteiger partial charge is 0.350 e. The van der Waals surface area contributed by atoms with Gasteiger partial charge < -0.3 is 10.6 Å². The molecule has 1 aromatic heterocycles. The molecule has 1 aliphatic rings. The molecule has 2 aromatic carbocycles. The van der Waals surface area contributed by atoms with Crippen molar-refractivity contribution in [2.75, 3.05) is 13.1 Å². The van der Waals surface area contributed by atoms with E-state index in [1.54, 1.807) is 6.20 Å². The topological polar surface area (TPSA) is 59.0 Å². The molecule has 5 nitrogen and oxygen atoms in total. The molecule has 2 N–H and O–H groups in total. The summed E-state index contributed by atoms with van der Waals surface area (Å²) in [5, 5.41) is 11.6. The van der Waals surface area contributed by atoms with Gasteiger partial charge in [-0.05, 0) is 60.8 Å². The third-order valence-electron chi connectivity index (χ3n) is 5.41. The number of rotatable bonds is 5. The van der Waals surface area contributed by atoms with Crippen molar-refractivity contribution in [1.29, 1.82) is 0 Å². The van der Waals surface area contributed by atoms with Gasteiger partial charge in [-0.15, -0.1) is 0 Å². The Balaban J connectivity index is 1.56. The van der Waals surface area contributed by atoms with Gasteiger partial charge in [-0.2, -0.15) is 5.10 Å². The zero-order valence-electron chi connectivity index (χ0n) is 15.6. The van der Waals surface area contributed by atoms with Crippen molar-refractivity contribution in [2.45, 2.75) is 24.9 Å². The number of amides is 1. The van der Waals surface area contributed by atoms with Gasteiger partial charge >= 0.3 is 0 Å². The summed E-state index contributed by atoms with van der Waals surface area (Å²) in [5.41, 5.74) is 2.61. The predicted octanol–water partition coefficient (Wildman–Crippen LogP) is 3.60. The summed E-state index contributed by atoms with van der Waals surface area (Å²) >= 11 is 6.02. The highest BCUT2D eigenvalue weighted by Crippen LogP contribution is 2.28. The zero-order valence-corrected chi connectivity index (χ0v) is 16.3. The molecule has 0 saturated carbocycles. The van der Waals surface area contributed by atoms with E-state index in [-0.39, 0.29) is 5.91 Å². The lowest BCUT2D eigenvalue weighted by Crippen LogP contribution is -2.54. The molecule has 2 heterocycles. The number of hydrogen-bond acceptors (Lipinski definition) is 3. The lowest BCUT2D eigenvalue weighted by molar-refractivity contribution is -0.132. The summed E-state index contributed by atoms with van der Waals surface area (Å²) in [6, 6.07) is 17.8. The number of nitrogens with zero attached hydrogens (tertiary/aromatic N) is 2. The molecule has 0 bridgehead atoms. The monoisotopic (exact) mass is 394 g/mol. The van der Waals surface area contributed by atoms with Gasteiger partial charge in [-0.25, -0.2) is 0 Å². The van der Waals surface area contributed by atoms with Crippen molar-refractivity contribution in [2.24, 2.45) is 0 Å². The molecule has 1 aliphatic heterocycles. The van der Waals surface area contributed by atoms with Crippen LogP contribution in [0.3, 0.4) is 0 Å². The molecular formula is C22H23ClN4O. The summed E-state index contributed by atoms with van der Waals surface area (Å²) in [7, 11) is 0. The van der Waals surface area contributed by atoms with Gasteiger partial charge in [-0.3, -0.25) is 9.48 Å². The molecular weight excluding hydrogens is 372 g/mol. The number of hydrogen-bond donors (Lipinski definition) is 2. The van der Waals surface area contributed by atoms with Gasteiger partial charge in [0.05, 0.1) is 0 Å². The van der Waals surface area contributed by atoms with Gasteiger partial charge in [0.15, 0.2) is 0 Å². The Morgan fingerprint density at radius 3 is 2.57 bits per heavy atom. The molecule has 1 saturated heterocycles. The molecule has 144 valence electrons. The number of aromatic nitrogens is 2. The first-order chi connectivity index (χ1) is 13.7. The summed E-state index contributed by atoms with van der Waals surface area (Å²) in [5.74, 6) is 0.0172. The molecule has 0 radical (unpaired) electrons. The molecule has 4 rings (SSSR count). The molecule has 6 heteroatoms. The fourth-order valence-electron chi connectivity index (χ4n) is 3.85. The van der Waals surface area contributed by atoms with Crippen LogP contribution in [0.15, 0.2) is 67.0 Å². The number of piperidine rings is 1. The smallest absolute Gasteiger partial charge is 0.248 e. The fourth-order valence-corrected chi connectivity index (χ4v) is 3.97. The van der Waals surface area contributed by atoms with E-state index < -0.39 is 5.54 Å². The standard InChI is InChI=1S/C22H23ClN4O/c23-19-8-6-17(7-9-19)20-5-2-1-4-18(20)16-25-21(28)22(10-13-24-14-11-22)27-15-3-12-26-27/h1-9,12,15,24H,10-11,13-14,16H2,(H,25,28). The first-order valence-corrected chi connectivity index (χ1v) is 9.90. The second-order valence-corrected chi connectivity index (χ2v) is 7.52. The lowest BCUT2D eigenvalue weighted by Gasteiger charge is -2.36. The average molecular weight is 395 g/mol. The predicted molar refractivity (Wildman–Crippen MR) is 111 cm³/mol. The van der Waals surface area contributed by atoms with E-state index in [4.69, 9.17) is 11.6 Å². The van der Waals surface area contributed by atoms with E-state index in [2.05, 4.69) is 21.8 Å². The molecule has 3 aromatic rings. The summed E-state index contributed by atoms with van der Waals surface area (Å²) in [6.07, 6.45) is 5.05. The summed E-state index contributed by atoms with van der Waals surface area (Å²) < 4.78 is 1.81. The minimum Gasteiger partial charge on any atom is -0.350 e. The highest BCUT2D eigenvalue weighted by Gasteiger charge is 2.41. The van der Waals surface area contributed by atoms with Crippen LogP contribution in [0.1, 0.15) is 18.4 Å². The van der Waals surface area contributed by atoms with E-state index in [0.29, 0.717) is 11.6 Å². The highest BCUT2D eigenvalue weighted by atomic mass is 35.5.